The molecule has 0 bridgehead atoms. The molecule has 0 atom stereocenters. The van der Waals surface area contributed by atoms with Crippen LogP contribution in [0.1, 0.15) is 127 Å². The number of nitrogens with one attached hydrogen (secondary N) is 1. The predicted octanol–water partition coefficient (Wildman–Crippen LogP) is 7.65. The Morgan fingerprint density at radius 1 is 0.743 bits per heavy atom. The molecule has 0 radical (unpaired) electrons. The lowest BCUT2D eigenvalue weighted by Crippen LogP contribution is -2.24. The molecule has 1 N–H and O–H groups in total. The number of hydrogen-bond acceptors (Lipinski definition) is 4. The van der Waals surface area contributed by atoms with Gasteiger partial charge in [-0.3, -0.25) is 8.98 Å². The first-order valence-corrected chi connectivity index (χ1v) is 14.1. The number of rotatable bonds is 10. The maximum Gasteiger partial charge on any atom is 0.298 e. The summed E-state index contributed by atoms with van der Waals surface area (Å²) in [4.78, 5) is 13.1. The van der Waals surface area contributed by atoms with Crippen molar-refractivity contribution in [3.05, 3.63) is 58.1 Å². The van der Waals surface area contributed by atoms with Crippen molar-refractivity contribution in [2.24, 2.45) is 0 Å². The smallest absolute Gasteiger partial charge is 0.298 e. The Bertz CT molecular complexity index is 1090. The quantitative estimate of drug-likeness (QED) is 0.339. The molecular formula is C29H43NO4S. The van der Waals surface area contributed by atoms with E-state index in [4.69, 9.17) is 4.18 Å². The van der Waals surface area contributed by atoms with E-state index < -0.39 is 22.6 Å². The van der Waals surface area contributed by atoms with Gasteiger partial charge < -0.3 is 5.32 Å². The van der Waals surface area contributed by atoms with Gasteiger partial charge in [0, 0.05) is 5.69 Å². The summed E-state index contributed by atoms with van der Waals surface area (Å²) in [6, 6.07) is 9.90. The molecular weight excluding hydrogens is 458 g/mol. The maximum absolute atomic E-state index is 13.5. The second-order valence-electron chi connectivity index (χ2n) is 10.9. The van der Waals surface area contributed by atoms with Crippen molar-refractivity contribution in [3.8, 4) is 0 Å². The molecule has 194 valence electrons. The Hall–Kier alpha value is -2.18. The molecule has 35 heavy (non-hydrogen) atoms. The van der Waals surface area contributed by atoms with Crippen LogP contribution in [-0.2, 0) is 19.1 Å². The summed E-state index contributed by atoms with van der Waals surface area (Å²) in [6.45, 7) is 19.8. The van der Waals surface area contributed by atoms with Gasteiger partial charge in [-0.1, -0.05) is 99.6 Å². The molecule has 0 aromatic heterocycles. The zero-order chi connectivity index (χ0) is 26.7. The van der Waals surface area contributed by atoms with Gasteiger partial charge in [-0.05, 0) is 57.4 Å². The standard InChI is InChI=1S/C29H43NO4S/c1-17(2)22-14-25(20(7)8)29(26(15-22)21(9)10)35(32,33)34-16-27(31)30-28-23(18(3)4)12-11-13-24(28)19(5)6/h11-15,17-21H,16H2,1-10H3,(H,30,31). The minimum Gasteiger partial charge on any atom is -0.324 e. The monoisotopic (exact) mass is 501 g/mol. The number of carbonyl (C=O) groups excluding carboxylic acids is 1. The topological polar surface area (TPSA) is 72.5 Å². The molecule has 0 heterocycles. The van der Waals surface area contributed by atoms with E-state index in [0.29, 0.717) is 0 Å². The van der Waals surface area contributed by atoms with Gasteiger partial charge in [0.25, 0.3) is 16.0 Å². The van der Waals surface area contributed by atoms with Crippen molar-refractivity contribution < 1.29 is 17.4 Å². The second kappa shape index (κ2) is 11.7. The van der Waals surface area contributed by atoms with Crippen LogP contribution >= 0.6 is 0 Å². The normalized spacial score (nSPS) is 12.4. The van der Waals surface area contributed by atoms with Gasteiger partial charge in [0.2, 0.25) is 0 Å². The fourth-order valence-corrected chi connectivity index (χ4v) is 5.79. The Morgan fingerprint density at radius 3 is 1.54 bits per heavy atom. The van der Waals surface area contributed by atoms with Crippen LogP contribution in [0.4, 0.5) is 5.69 Å². The van der Waals surface area contributed by atoms with Crippen LogP contribution in [0.2, 0.25) is 0 Å². The van der Waals surface area contributed by atoms with Gasteiger partial charge in [-0.2, -0.15) is 8.42 Å². The zero-order valence-corrected chi connectivity index (χ0v) is 23.8. The third kappa shape index (κ3) is 6.95. The van der Waals surface area contributed by atoms with Crippen LogP contribution in [0, 0.1) is 0 Å². The third-order valence-corrected chi connectivity index (χ3v) is 7.71. The first kappa shape index (κ1) is 29.1. The van der Waals surface area contributed by atoms with Crippen LogP contribution in [0.25, 0.3) is 0 Å². The molecule has 0 saturated carbocycles. The molecule has 0 spiro atoms. The van der Waals surface area contributed by atoms with Gasteiger partial charge >= 0.3 is 0 Å². The maximum atomic E-state index is 13.5. The summed E-state index contributed by atoms with van der Waals surface area (Å²) in [6.07, 6.45) is 0. The molecule has 2 rings (SSSR count). The van der Waals surface area contributed by atoms with E-state index in [1.54, 1.807) is 0 Å². The van der Waals surface area contributed by atoms with E-state index in [0.717, 1.165) is 33.5 Å². The lowest BCUT2D eigenvalue weighted by Gasteiger charge is -2.23. The van der Waals surface area contributed by atoms with Crippen molar-refractivity contribution in [3.63, 3.8) is 0 Å². The molecule has 2 aromatic rings. The van der Waals surface area contributed by atoms with Crippen LogP contribution in [-0.4, -0.2) is 20.9 Å². The van der Waals surface area contributed by atoms with Crippen LogP contribution in [0.15, 0.2) is 35.2 Å². The highest BCUT2D eigenvalue weighted by atomic mass is 32.2. The first-order valence-electron chi connectivity index (χ1n) is 12.7. The summed E-state index contributed by atoms with van der Waals surface area (Å²) >= 11 is 0. The fraction of sp³-hybridized carbons (Fsp3) is 0.552. The van der Waals surface area contributed by atoms with E-state index in [2.05, 4.69) is 46.9 Å². The SMILES string of the molecule is CC(C)c1cc(C(C)C)c(S(=O)(=O)OCC(=O)Nc2c(C(C)C)cccc2C(C)C)c(C(C)C)c1. The number of para-hydroxylation sites is 1. The van der Waals surface area contributed by atoms with Gasteiger partial charge in [0.1, 0.15) is 11.5 Å². The van der Waals surface area contributed by atoms with Gasteiger partial charge in [-0.15, -0.1) is 0 Å². The Balaban J connectivity index is 2.41. The highest BCUT2D eigenvalue weighted by Crippen LogP contribution is 2.36. The van der Waals surface area contributed by atoms with Crippen molar-refractivity contribution in [2.45, 2.75) is 104 Å². The lowest BCUT2D eigenvalue weighted by atomic mass is 9.89. The molecule has 5 nitrogen and oxygen atoms in total. The van der Waals surface area contributed by atoms with E-state index >= 15 is 0 Å². The summed E-state index contributed by atoms with van der Waals surface area (Å²) in [5, 5.41) is 2.94. The van der Waals surface area contributed by atoms with Crippen molar-refractivity contribution >= 4 is 21.7 Å². The van der Waals surface area contributed by atoms with Crippen LogP contribution in [0.5, 0.6) is 0 Å². The predicted molar refractivity (Wildman–Crippen MR) is 145 cm³/mol. The van der Waals surface area contributed by atoms with Crippen molar-refractivity contribution in [2.75, 3.05) is 11.9 Å². The van der Waals surface area contributed by atoms with Gasteiger partial charge in [0.15, 0.2) is 0 Å². The zero-order valence-electron chi connectivity index (χ0n) is 23.0. The molecule has 0 unspecified atom stereocenters. The summed E-state index contributed by atoms with van der Waals surface area (Å²) < 4.78 is 32.3. The van der Waals surface area contributed by atoms with Gasteiger partial charge in [0.05, 0.1) is 0 Å². The molecule has 2 aromatic carbocycles. The highest BCUT2D eigenvalue weighted by molar-refractivity contribution is 7.86. The van der Waals surface area contributed by atoms with E-state index in [9.17, 15) is 13.2 Å². The molecule has 0 aliphatic heterocycles. The Morgan fingerprint density at radius 2 is 1.17 bits per heavy atom. The van der Waals surface area contributed by atoms with Gasteiger partial charge in [-0.25, -0.2) is 0 Å². The van der Waals surface area contributed by atoms with Crippen LogP contribution in [0.3, 0.4) is 0 Å². The van der Waals surface area contributed by atoms with E-state index in [-0.39, 0.29) is 34.5 Å². The minimum atomic E-state index is -4.16. The number of hydrogen-bond donors (Lipinski definition) is 1. The first-order chi connectivity index (χ1) is 16.2. The molecule has 0 saturated heterocycles. The van der Waals surface area contributed by atoms with Crippen molar-refractivity contribution in [1.29, 1.82) is 0 Å². The highest BCUT2D eigenvalue weighted by Gasteiger charge is 2.29. The molecule has 1 amide bonds. The second-order valence-corrected chi connectivity index (χ2v) is 12.4. The van der Waals surface area contributed by atoms with Crippen molar-refractivity contribution in [1.82, 2.24) is 0 Å². The Kier molecular flexibility index (Phi) is 9.71. The molecule has 0 fully saturated rings. The number of anilines is 1. The summed E-state index contributed by atoms with van der Waals surface area (Å²) in [5.41, 5.74) is 5.33. The number of benzene rings is 2. The average molecular weight is 502 g/mol. The van der Waals surface area contributed by atoms with E-state index in [1.165, 1.54) is 0 Å². The van der Waals surface area contributed by atoms with E-state index in [1.807, 2.05) is 58.0 Å². The Labute approximate surface area is 212 Å². The fourth-order valence-electron chi connectivity index (χ4n) is 4.24. The minimum absolute atomic E-state index is 0.0140. The largest absolute Gasteiger partial charge is 0.324 e. The summed E-state index contributed by atoms with van der Waals surface area (Å²) in [5.74, 6) is 0.162. The molecule has 6 heteroatoms. The number of carbonyl (C=O) groups is 1. The lowest BCUT2D eigenvalue weighted by molar-refractivity contribution is -0.118. The molecule has 0 aliphatic carbocycles. The third-order valence-electron chi connectivity index (χ3n) is 6.31. The average Bonchev–Trinajstić information content (AvgIpc) is 2.76. The van der Waals surface area contributed by atoms with Crippen LogP contribution < -0.4 is 5.32 Å². The summed E-state index contributed by atoms with van der Waals surface area (Å²) in [7, 11) is -4.16. The number of amides is 1. The molecule has 0 aliphatic rings.